The Labute approximate surface area is 354 Å². The van der Waals surface area contributed by atoms with E-state index in [2.05, 4.69) is 241 Å². The molecule has 0 saturated carbocycles. The Bertz CT molecular complexity index is 2880. The molecule has 0 amide bonds. The zero-order chi connectivity index (χ0) is 40.7. The van der Waals surface area contributed by atoms with E-state index in [1.165, 1.54) is 37.0 Å². The van der Waals surface area contributed by atoms with Crippen molar-refractivity contribution >= 4 is 75.3 Å². The zero-order valence-corrected chi connectivity index (χ0v) is 36.1. The van der Waals surface area contributed by atoms with E-state index in [1.807, 2.05) is 6.20 Å². The van der Waals surface area contributed by atoms with Crippen molar-refractivity contribution in [3.63, 3.8) is 0 Å². The minimum absolute atomic E-state index is 0.736. The molecule has 1 aliphatic rings. The number of nitrogens with zero attached hydrogens (tertiary/aromatic N) is 4. The summed E-state index contributed by atoms with van der Waals surface area (Å²) in [5, 5.41) is 8.93. The normalized spacial score (nSPS) is 13.1. The van der Waals surface area contributed by atoms with Gasteiger partial charge in [-0.15, -0.1) is 0 Å². The van der Waals surface area contributed by atoms with Gasteiger partial charge in [-0.1, -0.05) is 152 Å². The van der Waals surface area contributed by atoms with Crippen LogP contribution in [-0.4, -0.2) is 32.4 Å². The lowest BCUT2D eigenvalue weighted by atomic mass is 10.1. The summed E-state index contributed by atoms with van der Waals surface area (Å²) in [6, 6.07) is 70.2. The van der Waals surface area contributed by atoms with Gasteiger partial charge in [-0.25, -0.2) is 4.98 Å². The number of fused-ring (bicyclic) bond motifs is 3. The van der Waals surface area contributed by atoms with Crippen LogP contribution in [0.25, 0.3) is 27.6 Å². The number of hydrogen-bond acceptors (Lipinski definition) is 4. The van der Waals surface area contributed by atoms with Crippen LogP contribution < -0.4 is 40.5 Å². The summed E-state index contributed by atoms with van der Waals surface area (Å²) < 4.78 is 9.22. The molecule has 0 aliphatic carbocycles. The summed E-state index contributed by atoms with van der Waals surface area (Å²) in [7, 11) is -4.50. The quantitative estimate of drug-likeness (QED) is 0.102. The van der Waals surface area contributed by atoms with Crippen molar-refractivity contribution in [1.29, 1.82) is 0 Å². The van der Waals surface area contributed by atoms with Crippen molar-refractivity contribution in [2.75, 3.05) is 16.5 Å². The monoisotopic (exact) mass is 810 g/mol. The number of hydrogen-bond donors (Lipinski definition) is 0. The summed E-state index contributed by atoms with van der Waals surface area (Å²) in [5.41, 5.74) is 4.45. The standard InChI is InChI=1S/C53H46N4OSi2/c1-59(2,3)48-35-41(56-33-32-55(39-56)40-18-8-4-9-19-40)34-43(36-48)58-42-28-29-50-49-26-16-17-27-51(49)57(52(50)37-42)53-38-47(30-31-54-53)60(44-20-10-5-11-21-44,45-22-12-6-13-23-45)46-24-14-7-15-25-46/h4-38H,39H2,1-3H3. The fourth-order valence-corrected chi connectivity index (χ4v) is 14.8. The average Bonchev–Trinajstić information content (AvgIpc) is 3.92. The lowest BCUT2D eigenvalue weighted by Crippen LogP contribution is -2.74. The summed E-state index contributed by atoms with van der Waals surface area (Å²) >= 11 is 0. The number of aromatic nitrogens is 2. The van der Waals surface area contributed by atoms with Crippen LogP contribution in [0.5, 0.6) is 11.5 Å². The Kier molecular flexibility index (Phi) is 9.55. The fourth-order valence-electron chi connectivity index (χ4n) is 8.85. The van der Waals surface area contributed by atoms with Gasteiger partial charge in [0.2, 0.25) is 0 Å². The Hall–Kier alpha value is -6.94. The minimum Gasteiger partial charge on any atom is -0.457 e. The highest BCUT2D eigenvalue weighted by Gasteiger charge is 2.41. The SMILES string of the molecule is C[Si](C)(C)c1cc(Oc2ccc3c4ccccc4n(-c4cc([Si](c5ccccc5)(c5ccccc5)c5ccccc5)ccn4)c3c2)cc(N2C=CN(c3ccccc3)C2)c1. The van der Waals surface area contributed by atoms with E-state index >= 15 is 0 Å². The van der Waals surface area contributed by atoms with Crippen LogP contribution in [0.2, 0.25) is 19.6 Å². The van der Waals surface area contributed by atoms with Gasteiger partial charge in [-0.2, -0.15) is 0 Å². The minimum atomic E-state index is -2.79. The van der Waals surface area contributed by atoms with E-state index in [4.69, 9.17) is 9.72 Å². The van der Waals surface area contributed by atoms with E-state index in [9.17, 15) is 0 Å². The van der Waals surface area contributed by atoms with Crippen molar-refractivity contribution in [3.05, 3.63) is 213 Å². The molecule has 10 rings (SSSR count). The molecule has 9 aromatic rings. The topological polar surface area (TPSA) is 33.5 Å². The van der Waals surface area contributed by atoms with Crippen LogP contribution in [-0.2, 0) is 0 Å². The predicted octanol–water partition coefficient (Wildman–Crippen LogP) is 9.65. The van der Waals surface area contributed by atoms with Crippen LogP contribution >= 0.6 is 0 Å². The lowest BCUT2D eigenvalue weighted by Gasteiger charge is -2.34. The van der Waals surface area contributed by atoms with Gasteiger partial charge in [-0.05, 0) is 75.3 Å². The van der Waals surface area contributed by atoms with E-state index < -0.39 is 16.1 Å². The van der Waals surface area contributed by atoms with Gasteiger partial charge in [0.05, 0.1) is 25.8 Å². The molecule has 292 valence electrons. The molecule has 0 fully saturated rings. The second-order valence-corrected chi connectivity index (χ2v) is 25.5. The molecule has 7 aromatic carbocycles. The first-order chi connectivity index (χ1) is 29.4. The summed E-state index contributed by atoms with van der Waals surface area (Å²) in [6.07, 6.45) is 6.31. The number of anilines is 2. The molecule has 3 heterocycles. The Balaban J connectivity index is 1.10. The van der Waals surface area contributed by atoms with Crippen LogP contribution in [0.3, 0.4) is 0 Å². The molecular formula is C53H46N4OSi2. The first-order valence-electron chi connectivity index (χ1n) is 20.6. The fraction of sp³-hybridized carbons (Fsp3) is 0.0755. The molecule has 1 aliphatic heterocycles. The third-order valence-electron chi connectivity index (χ3n) is 11.8. The predicted molar refractivity (Wildman–Crippen MR) is 257 cm³/mol. The number of ether oxygens (including phenoxy) is 1. The highest BCUT2D eigenvalue weighted by molar-refractivity contribution is 7.19. The second kappa shape index (κ2) is 15.3. The maximum absolute atomic E-state index is 6.90. The number of benzene rings is 7. The molecule has 0 saturated heterocycles. The van der Waals surface area contributed by atoms with Gasteiger partial charge in [0.25, 0.3) is 0 Å². The Morgan fingerprint density at radius 1 is 0.450 bits per heavy atom. The van der Waals surface area contributed by atoms with Crippen LogP contribution in [0.4, 0.5) is 11.4 Å². The van der Waals surface area contributed by atoms with Gasteiger partial charge in [0, 0.05) is 52.9 Å². The highest BCUT2D eigenvalue weighted by atomic mass is 28.3. The van der Waals surface area contributed by atoms with Crippen molar-refractivity contribution in [3.8, 4) is 17.3 Å². The smallest absolute Gasteiger partial charge is 0.179 e. The van der Waals surface area contributed by atoms with E-state index in [0.29, 0.717) is 0 Å². The largest absolute Gasteiger partial charge is 0.457 e. The molecule has 0 N–H and O–H groups in total. The molecule has 0 atom stereocenters. The molecular weight excluding hydrogens is 765 g/mol. The molecule has 7 heteroatoms. The highest BCUT2D eigenvalue weighted by Crippen LogP contribution is 2.36. The van der Waals surface area contributed by atoms with Crippen molar-refractivity contribution in [1.82, 2.24) is 9.55 Å². The molecule has 0 radical (unpaired) electrons. The second-order valence-electron chi connectivity index (χ2n) is 16.6. The van der Waals surface area contributed by atoms with E-state index in [1.54, 1.807) is 0 Å². The van der Waals surface area contributed by atoms with Crippen LogP contribution in [0.15, 0.2) is 213 Å². The summed E-state index contributed by atoms with van der Waals surface area (Å²) in [4.78, 5) is 9.71. The van der Waals surface area contributed by atoms with Crippen LogP contribution in [0, 0.1) is 0 Å². The molecule has 0 spiro atoms. The summed E-state index contributed by atoms with van der Waals surface area (Å²) in [5.74, 6) is 2.50. The lowest BCUT2D eigenvalue weighted by molar-refractivity contribution is 0.484. The maximum Gasteiger partial charge on any atom is 0.179 e. The first-order valence-corrected chi connectivity index (χ1v) is 26.1. The average molecular weight is 811 g/mol. The number of para-hydroxylation sites is 2. The molecule has 5 nitrogen and oxygen atoms in total. The van der Waals surface area contributed by atoms with Gasteiger partial charge in [-0.3, -0.25) is 4.57 Å². The molecule has 60 heavy (non-hydrogen) atoms. The Morgan fingerprint density at radius 3 is 1.65 bits per heavy atom. The van der Waals surface area contributed by atoms with Crippen molar-refractivity contribution < 1.29 is 4.74 Å². The molecule has 2 aromatic heterocycles. The van der Waals surface area contributed by atoms with Gasteiger partial charge < -0.3 is 14.5 Å². The van der Waals surface area contributed by atoms with Crippen molar-refractivity contribution in [2.24, 2.45) is 0 Å². The van der Waals surface area contributed by atoms with E-state index in [-0.39, 0.29) is 0 Å². The van der Waals surface area contributed by atoms with Gasteiger partial charge in [0.1, 0.15) is 17.3 Å². The Morgan fingerprint density at radius 2 is 1.02 bits per heavy atom. The van der Waals surface area contributed by atoms with E-state index in [0.717, 1.165) is 46.1 Å². The summed E-state index contributed by atoms with van der Waals surface area (Å²) in [6.45, 7) is 7.91. The van der Waals surface area contributed by atoms with Gasteiger partial charge in [0.15, 0.2) is 8.07 Å². The third-order valence-corrected chi connectivity index (χ3v) is 18.6. The van der Waals surface area contributed by atoms with Crippen LogP contribution in [0.1, 0.15) is 0 Å². The molecule has 0 unspecified atom stereocenters. The number of rotatable bonds is 10. The van der Waals surface area contributed by atoms with Gasteiger partial charge >= 0.3 is 0 Å². The maximum atomic E-state index is 6.90. The third kappa shape index (κ3) is 6.71. The van der Waals surface area contributed by atoms with Crippen molar-refractivity contribution in [2.45, 2.75) is 19.6 Å². The molecule has 0 bridgehead atoms. The first kappa shape index (κ1) is 37.3. The zero-order valence-electron chi connectivity index (χ0n) is 34.1. The number of pyridine rings is 1.